The fourth-order valence-electron chi connectivity index (χ4n) is 2.43. The summed E-state index contributed by atoms with van der Waals surface area (Å²) < 4.78 is 17.4. The Kier molecular flexibility index (Phi) is 7.49. The summed E-state index contributed by atoms with van der Waals surface area (Å²) >= 11 is 3.43. The molecule has 0 aliphatic carbocycles. The number of amides is 2. The Morgan fingerprint density at radius 3 is 2.78 bits per heavy atom. The molecule has 2 rings (SSSR count). The van der Waals surface area contributed by atoms with Crippen LogP contribution in [0.5, 0.6) is 5.75 Å². The molecule has 0 spiro atoms. The maximum Gasteiger partial charge on any atom is 0.410 e. The number of nitrogens with zero attached hydrogens (tertiary/aromatic N) is 1. The number of anilines is 1. The van der Waals surface area contributed by atoms with E-state index in [1.807, 2.05) is 13.0 Å². The number of carbonyl (C=O) groups excluding carboxylic acids is 2. The topological polar surface area (TPSA) is 77.1 Å². The summed E-state index contributed by atoms with van der Waals surface area (Å²) in [7, 11) is 0. The first-order valence-corrected chi connectivity index (χ1v) is 9.81. The average molecular weight is 443 g/mol. The molecule has 1 aliphatic rings. The molecule has 0 bridgehead atoms. The van der Waals surface area contributed by atoms with Crippen molar-refractivity contribution < 1.29 is 23.8 Å². The van der Waals surface area contributed by atoms with E-state index in [-0.39, 0.29) is 19.1 Å². The third kappa shape index (κ3) is 6.70. The van der Waals surface area contributed by atoms with Crippen LogP contribution in [-0.2, 0) is 14.3 Å². The van der Waals surface area contributed by atoms with Crippen molar-refractivity contribution in [2.45, 2.75) is 45.8 Å². The standard InChI is InChI=1S/C19H27BrN2O5/c1-5-9-25-15-11-13(6-7-14(15)20)21-17(23)16-12-22(8-10-26-16)18(24)27-19(2,3)4/h6-7,11,16H,5,8-10,12H2,1-4H3,(H,21,23). The highest BCUT2D eigenvalue weighted by molar-refractivity contribution is 9.10. The van der Waals surface area contributed by atoms with Gasteiger partial charge in [-0.15, -0.1) is 0 Å². The molecule has 2 amide bonds. The van der Waals surface area contributed by atoms with Gasteiger partial charge in [0.05, 0.1) is 24.2 Å². The fourth-order valence-corrected chi connectivity index (χ4v) is 2.79. The number of ether oxygens (including phenoxy) is 3. The highest BCUT2D eigenvalue weighted by atomic mass is 79.9. The van der Waals surface area contributed by atoms with Gasteiger partial charge in [-0.25, -0.2) is 4.79 Å². The first-order chi connectivity index (χ1) is 12.7. The van der Waals surface area contributed by atoms with E-state index in [0.717, 1.165) is 10.9 Å². The Bertz CT molecular complexity index is 675. The minimum absolute atomic E-state index is 0.149. The van der Waals surface area contributed by atoms with Crippen LogP contribution in [0.4, 0.5) is 10.5 Å². The smallest absolute Gasteiger partial charge is 0.410 e. The predicted octanol–water partition coefficient (Wildman–Crippen LogP) is 3.81. The Labute approximate surface area is 168 Å². The highest BCUT2D eigenvalue weighted by Gasteiger charge is 2.31. The molecule has 0 radical (unpaired) electrons. The van der Waals surface area contributed by atoms with E-state index < -0.39 is 17.8 Å². The summed E-state index contributed by atoms with van der Waals surface area (Å²) in [4.78, 5) is 26.3. The van der Waals surface area contributed by atoms with Gasteiger partial charge in [-0.3, -0.25) is 4.79 Å². The molecule has 1 fully saturated rings. The van der Waals surface area contributed by atoms with Gasteiger partial charge >= 0.3 is 6.09 Å². The molecule has 1 aromatic rings. The van der Waals surface area contributed by atoms with Crippen molar-refractivity contribution in [2.24, 2.45) is 0 Å². The minimum Gasteiger partial charge on any atom is -0.492 e. The maximum absolute atomic E-state index is 12.6. The summed E-state index contributed by atoms with van der Waals surface area (Å²) in [5.41, 5.74) is 0.0201. The van der Waals surface area contributed by atoms with Gasteiger partial charge in [-0.1, -0.05) is 6.92 Å². The molecule has 1 N–H and O–H groups in total. The van der Waals surface area contributed by atoms with Gasteiger partial charge in [0.2, 0.25) is 0 Å². The second-order valence-electron chi connectivity index (χ2n) is 7.27. The SMILES string of the molecule is CCCOc1cc(NC(=O)C2CN(C(=O)OC(C)(C)C)CCO2)ccc1Br. The van der Waals surface area contributed by atoms with Crippen LogP contribution in [0.2, 0.25) is 0 Å². The van der Waals surface area contributed by atoms with Gasteiger partial charge in [0.15, 0.2) is 6.10 Å². The molecule has 27 heavy (non-hydrogen) atoms. The monoisotopic (exact) mass is 442 g/mol. The van der Waals surface area contributed by atoms with Crippen LogP contribution in [0.25, 0.3) is 0 Å². The number of rotatable bonds is 5. The lowest BCUT2D eigenvalue weighted by molar-refractivity contribution is -0.132. The zero-order chi connectivity index (χ0) is 20.0. The van der Waals surface area contributed by atoms with Crippen molar-refractivity contribution >= 4 is 33.6 Å². The number of carbonyl (C=O) groups is 2. The summed E-state index contributed by atoms with van der Waals surface area (Å²) in [6.45, 7) is 8.86. The zero-order valence-electron chi connectivity index (χ0n) is 16.2. The van der Waals surface area contributed by atoms with Gasteiger partial charge in [-0.05, 0) is 55.3 Å². The van der Waals surface area contributed by atoms with Gasteiger partial charge in [0.25, 0.3) is 5.91 Å². The van der Waals surface area contributed by atoms with Gasteiger partial charge in [0.1, 0.15) is 11.4 Å². The van der Waals surface area contributed by atoms with Crippen LogP contribution in [0, 0.1) is 0 Å². The van der Waals surface area contributed by atoms with Crippen molar-refractivity contribution in [3.8, 4) is 5.75 Å². The molecule has 1 heterocycles. The quantitative estimate of drug-likeness (QED) is 0.749. The Morgan fingerprint density at radius 1 is 1.37 bits per heavy atom. The van der Waals surface area contributed by atoms with Crippen LogP contribution in [0.3, 0.4) is 0 Å². The van der Waals surface area contributed by atoms with Crippen molar-refractivity contribution in [2.75, 3.05) is 31.6 Å². The van der Waals surface area contributed by atoms with Crippen molar-refractivity contribution in [1.29, 1.82) is 0 Å². The third-order valence-corrected chi connectivity index (χ3v) is 4.33. The van der Waals surface area contributed by atoms with Crippen molar-refractivity contribution in [3.05, 3.63) is 22.7 Å². The highest BCUT2D eigenvalue weighted by Crippen LogP contribution is 2.28. The van der Waals surface area contributed by atoms with E-state index in [2.05, 4.69) is 21.2 Å². The summed E-state index contributed by atoms with van der Waals surface area (Å²) in [6, 6.07) is 5.34. The summed E-state index contributed by atoms with van der Waals surface area (Å²) in [5, 5.41) is 2.82. The normalized spacial score (nSPS) is 17.4. The maximum atomic E-state index is 12.6. The number of benzene rings is 1. The lowest BCUT2D eigenvalue weighted by Crippen LogP contribution is -2.51. The van der Waals surface area contributed by atoms with Crippen molar-refractivity contribution in [1.82, 2.24) is 4.90 Å². The Morgan fingerprint density at radius 2 is 2.11 bits per heavy atom. The molecule has 1 aromatic carbocycles. The molecular weight excluding hydrogens is 416 g/mol. The van der Waals surface area contributed by atoms with E-state index in [4.69, 9.17) is 14.2 Å². The molecule has 150 valence electrons. The van der Waals surface area contributed by atoms with E-state index in [1.165, 1.54) is 4.90 Å². The second kappa shape index (κ2) is 9.41. The van der Waals surface area contributed by atoms with E-state index in [1.54, 1.807) is 32.9 Å². The molecule has 1 aliphatic heterocycles. The number of nitrogens with one attached hydrogen (secondary N) is 1. The van der Waals surface area contributed by atoms with Crippen LogP contribution < -0.4 is 10.1 Å². The lowest BCUT2D eigenvalue weighted by Gasteiger charge is -2.33. The molecule has 1 saturated heterocycles. The van der Waals surface area contributed by atoms with Gasteiger partial charge in [0, 0.05) is 18.3 Å². The fraction of sp³-hybridized carbons (Fsp3) is 0.579. The average Bonchev–Trinajstić information content (AvgIpc) is 2.60. The third-order valence-electron chi connectivity index (χ3n) is 3.67. The zero-order valence-corrected chi connectivity index (χ0v) is 17.8. The molecule has 7 nitrogen and oxygen atoms in total. The van der Waals surface area contributed by atoms with Crippen LogP contribution in [0.15, 0.2) is 22.7 Å². The molecular formula is C19H27BrN2O5. The van der Waals surface area contributed by atoms with E-state index >= 15 is 0 Å². The first kappa shape index (κ1) is 21.5. The molecule has 1 unspecified atom stereocenters. The molecule has 1 atom stereocenters. The number of halogens is 1. The first-order valence-electron chi connectivity index (χ1n) is 9.02. The minimum atomic E-state index is -0.755. The van der Waals surface area contributed by atoms with E-state index in [9.17, 15) is 9.59 Å². The number of hydrogen-bond acceptors (Lipinski definition) is 5. The van der Waals surface area contributed by atoms with Gasteiger partial charge < -0.3 is 24.4 Å². The largest absolute Gasteiger partial charge is 0.492 e. The lowest BCUT2D eigenvalue weighted by atomic mass is 10.2. The summed E-state index contributed by atoms with van der Waals surface area (Å²) in [6.07, 6.45) is -0.309. The van der Waals surface area contributed by atoms with Crippen molar-refractivity contribution in [3.63, 3.8) is 0 Å². The molecule has 0 saturated carbocycles. The predicted molar refractivity (Wildman–Crippen MR) is 106 cm³/mol. The second-order valence-corrected chi connectivity index (χ2v) is 8.12. The van der Waals surface area contributed by atoms with Gasteiger partial charge in [-0.2, -0.15) is 0 Å². The van der Waals surface area contributed by atoms with Crippen LogP contribution in [-0.4, -0.2) is 54.9 Å². The molecule has 8 heteroatoms. The Balaban J connectivity index is 1.98. The van der Waals surface area contributed by atoms with E-state index in [0.29, 0.717) is 24.6 Å². The number of hydrogen-bond donors (Lipinski definition) is 1. The van der Waals surface area contributed by atoms with Crippen LogP contribution >= 0.6 is 15.9 Å². The summed E-state index contributed by atoms with van der Waals surface area (Å²) in [5.74, 6) is 0.349. The Hall–Kier alpha value is -1.80. The molecule has 0 aromatic heterocycles. The number of morpholine rings is 1. The van der Waals surface area contributed by atoms with Crippen LogP contribution in [0.1, 0.15) is 34.1 Å².